The highest BCUT2D eigenvalue weighted by molar-refractivity contribution is 9.11. The monoisotopic (exact) mass is 420 g/mol. The molecule has 3 nitrogen and oxygen atoms in total. The van der Waals surface area contributed by atoms with Crippen LogP contribution in [0.1, 0.15) is 50.4 Å². The van der Waals surface area contributed by atoms with Gasteiger partial charge in [-0.3, -0.25) is 0 Å². The molecule has 0 unspecified atom stereocenters. The van der Waals surface area contributed by atoms with Crippen molar-refractivity contribution in [1.29, 1.82) is 0 Å². The summed E-state index contributed by atoms with van der Waals surface area (Å²) < 4.78 is 17.7. The van der Waals surface area contributed by atoms with E-state index in [1.807, 2.05) is 20.8 Å². The van der Waals surface area contributed by atoms with Crippen LogP contribution >= 0.6 is 31.9 Å². The normalized spacial score (nSPS) is 17.2. The summed E-state index contributed by atoms with van der Waals surface area (Å²) in [5.41, 5.74) is 3.34. The number of halogens is 2. The Morgan fingerprint density at radius 3 is 2.40 bits per heavy atom. The van der Waals surface area contributed by atoms with Crippen LogP contribution in [0.25, 0.3) is 0 Å². The predicted octanol–water partition coefficient (Wildman–Crippen LogP) is 4.37. The number of nitrogens with zero attached hydrogens (tertiary/aromatic N) is 2. The Hall–Kier alpha value is -0.0700. The first-order valence-corrected chi connectivity index (χ1v) is 9.33. The average molecular weight is 422 g/mol. The maximum Gasteiger partial charge on any atom is 0.144 e. The molecule has 0 aromatic carbocycles. The SMILES string of the molecule is CC(C)(C)[S@](=O)/N=C\c1nc(Br)c2c(c1Br)CCCC2. The van der Waals surface area contributed by atoms with Crippen molar-refractivity contribution in [3.63, 3.8) is 0 Å². The van der Waals surface area contributed by atoms with E-state index in [1.54, 1.807) is 6.21 Å². The number of fused-ring (bicyclic) bond motifs is 1. The van der Waals surface area contributed by atoms with Crippen LogP contribution in [0, 0.1) is 0 Å². The summed E-state index contributed by atoms with van der Waals surface area (Å²) in [6.07, 6.45) is 6.14. The van der Waals surface area contributed by atoms with Crippen LogP contribution in [0.5, 0.6) is 0 Å². The van der Waals surface area contributed by atoms with Gasteiger partial charge in [0, 0.05) is 4.47 Å². The van der Waals surface area contributed by atoms with Gasteiger partial charge in [0.05, 0.1) is 16.7 Å². The zero-order valence-corrected chi connectivity index (χ0v) is 15.9. The van der Waals surface area contributed by atoms with Gasteiger partial charge in [-0.15, -0.1) is 0 Å². The topological polar surface area (TPSA) is 42.3 Å². The third-order valence-electron chi connectivity index (χ3n) is 3.22. The number of aromatic nitrogens is 1. The van der Waals surface area contributed by atoms with Crippen molar-refractivity contribution in [3.8, 4) is 0 Å². The molecule has 110 valence electrons. The molecule has 0 saturated carbocycles. The molecule has 6 heteroatoms. The third kappa shape index (κ3) is 3.57. The summed E-state index contributed by atoms with van der Waals surface area (Å²) >= 11 is 7.17. The number of hydrogen-bond donors (Lipinski definition) is 0. The lowest BCUT2D eigenvalue weighted by Crippen LogP contribution is -2.19. The van der Waals surface area contributed by atoms with Crippen LogP contribution < -0.4 is 0 Å². The van der Waals surface area contributed by atoms with Crippen LogP contribution in [0.2, 0.25) is 0 Å². The molecule has 0 bridgehead atoms. The Bertz CT molecular complexity index is 580. The Balaban J connectivity index is 2.37. The fourth-order valence-corrected chi connectivity index (χ4v) is 3.86. The van der Waals surface area contributed by atoms with E-state index in [2.05, 4.69) is 41.2 Å². The lowest BCUT2D eigenvalue weighted by Gasteiger charge is -2.19. The molecular formula is C14H18Br2N2OS. The second-order valence-electron chi connectivity index (χ2n) is 5.86. The summed E-state index contributed by atoms with van der Waals surface area (Å²) in [6, 6.07) is 0. The predicted molar refractivity (Wildman–Crippen MR) is 91.8 cm³/mol. The van der Waals surface area contributed by atoms with E-state index in [0.29, 0.717) is 0 Å². The van der Waals surface area contributed by atoms with Crippen LogP contribution in [-0.4, -0.2) is 20.2 Å². The van der Waals surface area contributed by atoms with Crippen molar-refractivity contribution >= 4 is 49.1 Å². The fourth-order valence-electron chi connectivity index (χ4n) is 2.09. The molecular weight excluding hydrogens is 404 g/mol. The molecule has 1 aliphatic rings. The molecule has 1 aliphatic carbocycles. The van der Waals surface area contributed by atoms with E-state index in [-0.39, 0.29) is 4.75 Å². The molecule has 1 aromatic heterocycles. The Morgan fingerprint density at radius 2 is 1.80 bits per heavy atom. The summed E-state index contributed by atoms with van der Waals surface area (Å²) in [5.74, 6) is 0. The Labute approximate surface area is 139 Å². The number of hydrogen-bond acceptors (Lipinski definition) is 2. The summed E-state index contributed by atoms with van der Waals surface area (Å²) in [7, 11) is -1.26. The van der Waals surface area contributed by atoms with Gasteiger partial charge in [0.1, 0.15) is 15.6 Å². The third-order valence-corrected chi connectivity index (χ3v) is 6.11. The molecule has 1 atom stereocenters. The molecule has 20 heavy (non-hydrogen) atoms. The first-order valence-electron chi connectivity index (χ1n) is 6.63. The highest BCUT2D eigenvalue weighted by Crippen LogP contribution is 2.33. The Morgan fingerprint density at radius 1 is 1.20 bits per heavy atom. The summed E-state index contributed by atoms with van der Waals surface area (Å²) in [4.78, 5) is 4.53. The number of pyridine rings is 1. The lowest BCUT2D eigenvalue weighted by molar-refractivity contribution is 0.651. The van der Waals surface area contributed by atoms with Gasteiger partial charge in [-0.25, -0.2) is 9.19 Å². The minimum absolute atomic E-state index is 0.353. The van der Waals surface area contributed by atoms with Gasteiger partial charge in [-0.2, -0.15) is 4.40 Å². The summed E-state index contributed by atoms with van der Waals surface area (Å²) in [6.45, 7) is 5.73. The van der Waals surface area contributed by atoms with Gasteiger partial charge in [-0.05, 0) is 89.4 Å². The largest absolute Gasteiger partial charge is 0.238 e. The van der Waals surface area contributed by atoms with Crippen LogP contribution in [0.4, 0.5) is 0 Å². The number of rotatable bonds is 2. The molecule has 1 heterocycles. The zero-order valence-electron chi connectivity index (χ0n) is 11.9. The molecule has 0 aliphatic heterocycles. The van der Waals surface area contributed by atoms with E-state index in [1.165, 1.54) is 24.0 Å². The average Bonchev–Trinajstić information content (AvgIpc) is 2.40. The van der Waals surface area contributed by atoms with Gasteiger partial charge in [0.25, 0.3) is 0 Å². The molecule has 0 N–H and O–H groups in total. The van der Waals surface area contributed by atoms with E-state index >= 15 is 0 Å². The van der Waals surface area contributed by atoms with Crippen molar-refractivity contribution in [1.82, 2.24) is 4.98 Å². The van der Waals surface area contributed by atoms with Crippen LogP contribution in [-0.2, 0) is 23.8 Å². The fraction of sp³-hybridized carbons (Fsp3) is 0.571. The van der Waals surface area contributed by atoms with Crippen molar-refractivity contribution in [2.45, 2.75) is 51.2 Å². The first-order chi connectivity index (χ1) is 9.30. The maximum absolute atomic E-state index is 12.0. The maximum atomic E-state index is 12.0. The van der Waals surface area contributed by atoms with Crippen molar-refractivity contribution in [2.75, 3.05) is 0 Å². The van der Waals surface area contributed by atoms with E-state index in [9.17, 15) is 4.21 Å². The Kier molecular flexibility index (Phi) is 5.19. The van der Waals surface area contributed by atoms with E-state index < -0.39 is 11.0 Å². The lowest BCUT2D eigenvalue weighted by atomic mass is 9.93. The minimum Gasteiger partial charge on any atom is -0.238 e. The van der Waals surface area contributed by atoms with Gasteiger partial charge in [0.2, 0.25) is 0 Å². The highest BCUT2D eigenvalue weighted by atomic mass is 79.9. The second kappa shape index (κ2) is 6.36. The molecule has 0 radical (unpaired) electrons. The van der Waals surface area contributed by atoms with Crippen molar-refractivity contribution in [3.05, 3.63) is 25.9 Å². The quantitative estimate of drug-likeness (QED) is 0.525. The smallest absolute Gasteiger partial charge is 0.144 e. The summed E-state index contributed by atoms with van der Waals surface area (Å²) in [5, 5.41) is 0. The molecule has 0 spiro atoms. The van der Waals surface area contributed by atoms with Crippen molar-refractivity contribution in [2.24, 2.45) is 4.40 Å². The van der Waals surface area contributed by atoms with E-state index in [0.717, 1.165) is 27.6 Å². The van der Waals surface area contributed by atoms with Gasteiger partial charge >= 0.3 is 0 Å². The first kappa shape index (κ1) is 16.3. The van der Waals surface area contributed by atoms with Crippen molar-refractivity contribution < 1.29 is 4.21 Å². The zero-order chi connectivity index (χ0) is 14.9. The molecule has 0 fully saturated rings. The van der Waals surface area contributed by atoms with Gasteiger partial charge < -0.3 is 0 Å². The van der Waals surface area contributed by atoms with Crippen LogP contribution in [0.3, 0.4) is 0 Å². The van der Waals surface area contributed by atoms with Gasteiger partial charge in [0.15, 0.2) is 0 Å². The molecule has 0 amide bonds. The van der Waals surface area contributed by atoms with E-state index in [4.69, 9.17) is 0 Å². The molecule has 1 aromatic rings. The molecule has 2 rings (SSSR count). The second-order valence-corrected chi connectivity index (χ2v) is 9.34. The minimum atomic E-state index is -1.26. The highest BCUT2D eigenvalue weighted by Gasteiger charge is 2.21. The molecule has 0 saturated heterocycles. The standard InChI is InChI=1S/C14H18Br2N2OS/c1-14(2,3)20(19)17-8-11-12(15)9-6-4-5-7-10(9)13(16)18-11/h8H,4-7H2,1-3H3/b17-8-/t20-/m0/s1. The van der Waals surface area contributed by atoms with Crippen LogP contribution in [0.15, 0.2) is 13.5 Å². The van der Waals surface area contributed by atoms with Gasteiger partial charge in [-0.1, -0.05) is 0 Å².